The molecule has 0 unspecified atom stereocenters. The number of fused-ring (bicyclic) bond motifs is 1. The number of nitrogens with one attached hydrogen (secondary N) is 2. The number of amides is 1. The maximum Gasteiger partial charge on any atom is 0.289 e. The zero-order valence-corrected chi connectivity index (χ0v) is 17.3. The summed E-state index contributed by atoms with van der Waals surface area (Å²) < 4.78 is 5.51. The highest BCUT2D eigenvalue weighted by atomic mass is 35.5. The lowest BCUT2D eigenvalue weighted by Crippen LogP contribution is -2.18. The minimum absolute atomic E-state index is 0.263. The smallest absolute Gasteiger partial charge is 0.289 e. The van der Waals surface area contributed by atoms with E-state index < -0.39 is 5.91 Å². The van der Waals surface area contributed by atoms with Gasteiger partial charge in [-0.15, -0.1) is 0 Å². The number of aromatic nitrogens is 2. The average molecular weight is 439 g/mol. The Morgan fingerprint density at radius 2 is 1.97 bits per heavy atom. The summed E-state index contributed by atoms with van der Waals surface area (Å²) in [5, 5.41) is 14.0. The molecule has 6 nitrogen and oxygen atoms in total. The fraction of sp³-hybridized carbons (Fsp3) is 0.0455. The predicted octanol–water partition coefficient (Wildman–Crippen LogP) is 5.31. The van der Waals surface area contributed by atoms with Gasteiger partial charge in [0.2, 0.25) is 0 Å². The van der Waals surface area contributed by atoms with Gasteiger partial charge >= 0.3 is 0 Å². The topological polar surface area (TPSA) is 79.4 Å². The van der Waals surface area contributed by atoms with E-state index in [2.05, 4.69) is 20.7 Å². The van der Waals surface area contributed by atoms with Gasteiger partial charge in [0, 0.05) is 10.6 Å². The molecule has 3 aromatic carbocycles. The molecule has 0 fully saturated rings. The lowest BCUT2D eigenvalue weighted by atomic mass is 10.0. The van der Waals surface area contributed by atoms with Crippen molar-refractivity contribution in [2.75, 3.05) is 7.11 Å². The molecule has 30 heavy (non-hydrogen) atoms. The van der Waals surface area contributed by atoms with Crippen molar-refractivity contribution in [1.29, 1.82) is 0 Å². The summed E-state index contributed by atoms with van der Waals surface area (Å²) in [5.74, 6) is 0.233. The molecule has 0 saturated heterocycles. The Morgan fingerprint density at radius 3 is 2.77 bits per heavy atom. The van der Waals surface area contributed by atoms with E-state index in [9.17, 15) is 4.79 Å². The van der Waals surface area contributed by atoms with E-state index in [0.717, 1.165) is 16.3 Å². The maximum absolute atomic E-state index is 12.5. The second-order valence-corrected chi connectivity index (χ2v) is 7.24. The quantitative estimate of drug-likeness (QED) is 0.327. The SMILES string of the molecule is COc1ccc2ccccc2c1-c1cc(C(=O)NN=Cc2ccc(Cl)cc2Cl)[nH]n1. The highest BCUT2D eigenvalue weighted by molar-refractivity contribution is 6.36. The minimum atomic E-state index is -0.436. The third-order valence-electron chi connectivity index (χ3n) is 4.52. The number of carbonyl (C=O) groups excluding carboxylic acids is 1. The Balaban J connectivity index is 1.58. The van der Waals surface area contributed by atoms with Gasteiger partial charge < -0.3 is 4.74 Å². The molecule has 8 heteroatoms. The van der Waals surface area contributed by atoms with Crippen molar-refractivity contribution >= 4 is 46.1 Å². The third-order valence-corrected chi connectivity index (χ3v) is 5.08. The number of hydrogen-bond acceptors (Lipinski definition) is 4. The number of methoxy groups -OCH3 is 1. The van der Waals surface area contributed by atoms with Crippen LogP contribution in [-0.2, 0) is 0 Å². The van der Waals surface area contributed by atoms with Crippen LogP contribution >= 0.6 is 23.2 Å². The number of nitrogens with zero attached hydrogens (tertiary/aromatic N) is 2. The van der Waals surface area contributed by atoms with E-state index in [0.29, 0.717) is 27.1 Å². The van der Waals surface area contributed by atoms with Crippen LogP contribution in [0.1, 0.15) is 16.1 Å². The van der Waals surface area contributed by atoms with Gasteiger partial charge in [0.1, 0.15) is 11.4 Å². The van der Waals surface area contributed by atoms with E-state index in [1.165, 1.54) is 6.21 Å². The van der Waals surface area contributed by atoms with Crippen molar-refractivity contribution in [3.05, 3.63) is 82.0 Å². The number of ether oxygens (including phenoxy) is 1. The van der Waals surface area contributed by atoms with E-state index in [1.54, 1.807) is 31.4 Å². The van der Waals surface area contributed by atoms with Crippen molar-refractivity contribution in [3.63, 3.8) is 0 Å². The first kappa shape index (κ1) is 19.9. The highest BCUT2D eigenvalue weighted by Crippen LogP contribution is 2.36. The second-order valence-electron chi connectivity index (χ2n) is 6.40. The van der Waals surface area contributed by atoms with Crippen molar-refractivity contribution < 1.29 is 9.53 Å². The Morgan fingerprint density at radius 1 is 1.13 bits per heavy atom. The van der Waals surface area contributed by atoms with Gasteiger partial charge in [-0.2, -0.15) is 10.2 Å². The highest BCUT2D eigenvalue weighted by Gasteiger charge is 2.16. The first-order chi connectivity index (χ1) is 14.6. The number of hydrazone groups is 1. The Labute approximate surface area is 182 Å². The molecule has 0 bridgehead atoms. The molecule has 0 aliphatic carbocycles. The molecule has 0 atom stereocenters. The molecule has 4 rings (SSSR count). The zero-order chi connectivity index (χ0) is 21.1. The first-order valence-electron chi connectivity index (χ1n) is 8.97. The van der Waals surface area contributed by atoms with Crippen LogP contribution in [0.3, 0.4) is 0 Å². The molecule has 0 radical (unpaired) electrons. The summed E-state index contributed by atoms with van der Waals surface area (Å²) in [4.78, 5) is 12.5. The molecule has 1 heterocycles. The number of benzene rings is 3. The fourth-order valence-corrected chi connectivity index (χ4v) is 3.54. The fourth-order valence-electron chi connectivity index (χ4n) is 3.08. The zero-order valence-electron chi connectivity index (χ0n) is 15.8. The maximum atomic E-state index is 12.5. The van der Waals surface area contributed by atoms with Gasteiger partial charge in [-0.05, 0) is 35.0 Å². The molecule has 0 aliphatic heterocycles. The molecule has 1 aromatic heterocycles. The molecule has 150 valence electrons. The van der Waals surface area contributed by atoms with Crippen molar-refractivity contribution in [1.82, 2.24) is 15.6 Å². The number of halogens is 2. The number of rotatable bonds is 5. The molecular weight excluding hydrogens is 423 g/mol. The lowest BCUT2D eigenvalue weighted by Gasteiger charge is -2.09. The van der Waals surface area contributed by atoms with Crippen LogP contribution in [0.15, 0.2) is 65.8 Å². The molecule has 4 aromatic rings. The molecule has 0 spiro atoms. The number of H-pyrrole nitrogens is 1. The average Bonchev–Trinajstić information content (AvgIpc) is 3.24. The van der Waals surface area contributed by atoms with E-state index >= 15 is 0 Å². The molecular formula is C22H16Cl2N4O2. The van der Waals surface area contributed by atoms with Crippen molar-refractivity contribution in [2.24, 2.45) is 5.10 Å². The Kier molecular flexibility index (Phi) is 5.70. The number of aromatic amines is 1. The predicted molar refractivity (Wildman–Crippen MR) is 120 cm³/mol. The van der Waals surface area contributed by atoms with Gasteiger partial charge in [-0.25, -0.2) is 5.43 Å². The van der Waals surface area contributed by atoms with Crippen LogP contribution in [0.4, 0.5) is 0 Å². The summed E-state index contributed by atoms with van der Waals surface area (Å²) in [6, 6.07) is 18.4. The van der Waals surface area contributed by atoms with Gasteiger partial charge in [-0.1, -0.05) is 59.6 Å². The normalized spacial score (nSPS) is 11.2. The lowest BCUT2D eigenvalue weighted by molar-refractivity contribution is 0.0950. The number of carbonyl (C=O) groups is 1. The van der Waals surface area contributed by atoms with Crippen LogP contribution in [0, 0.1) is 0 Å². The van der Waals surface area contributed by atoms with Gasteiger partial charge in [-0.3, -0.25) is 9.89 Å². The Bertz CT molecular complexity index is 1270. The van der Waals surface area contributed by atoms with Gasteiger partial charge in [0.05, 0.1) is 29.6 Å². The van der Waals surface area contributed by atoms with Gasteiger partial charge in [0.15, 0.2) is 0 Å². The van der Waals surface area contributed by atoms with E-state index in [4.69, 9.17) is 27.9 Å². The summed E-state index contributed by atoms with van der Waals surface area (Å²) in [6.07, 6.45) is 1.45. The van der Waals surface area contributed by atoms with E-state index in [-0.39, 0.29) is 5.69 Å². The van der Waals surface area contributed by atoms with Crippen LogP contribution < -0.4 is 10.2 Å². The standard InChI is InChI=1S/C22H16Cl2N4O2/c1-30-20-9-7-13-4-2-3-5-16(13)21(20)18-11-19(27-26-18)22(29)28-25-12-14-6-8-15(23)10-17(14)24/h2-12H,1H3,(H,26,27)(H,28,29). The summed E-state index contributed by atoms with van der Waals surface area (Å²) >= 11 is 12.0. The largest absolute Gasteiger partial charge is 0.496 e. The molecule has 1 amide bonds. The van der Waals surface area contributed by atoms with Crippen molar-refractivity contribution in [3.8, 4) is 17.0 Å². The summed E-state index contributed by atoms with van der Waals surface area (Å²) in [7, 11) is 1.60. The molecule has 0 saturated carbocycles. The Hall–Kier alpha value is -3.35. The molecule has 2 N–H and O–H groups in total. The minimum Gasteiger partial charge on any atom is -0.496 e. The summed E-state index contributed by atoms with van der Waals surface area (Å²) in [5.41, 5.74) is 4.75. The van der Waals surface area contributed by atoms with Crippen LogP contribution in [0.2, 0.25) is 10.0 Å². The van der Waals surface area contributed by atoms with Crippen LogP contribution in [0.25, 0.3) is 22.0 Å². The van der Waals surface area contributed by atoms with Crippen molar-refractivity contribution in [2.45, 2.75) is 0 Å². The monoisotopic (exact) mass is 438 g/mol. The first-order valence-corrected chi connectivity index (χ1v) is 9.72. The molecule has 0 aliphatic rings. The van der Waals surface area contributed by atoms with Gasteiger partial charge in [0.25, 0.3) is 5.91 Å². The summed E-state index contributed by atoms with van der Waals surface area (Å²) in [6.45, 7) is 0. The van der Waals surface area contributed by atoms with E-state index in [1.807, 2.05) is 36.4 Å². The van der Waals surface area contributed by atoms with Crippen LogP contribution in [0.5, 0.6) is 5.75 Å². The van der Waals surface area contributed by atoms with Crippen LogP contribution in [-0.4, -0.2) is 29.4 Å². The number of hydrogen-bond donors (Lipinski definition) is 2. The third kappa shape index (κ3) is 4.01. The second kappa shape index (κ2) is 8.57.